The van der Waals surface area contributed by atoms with Gasteiger partial charge in [-0.05, 0) is 17.2 Å². The third-order valence-corrected chi connectivity index (χ3v) is 4.35. The first-order valence-electron chi connectivity index (χ1n) is 9.27. The predicted molar refractivity (Wildman–Crippen MR) is 112 cm³/mol. The van der Waals surface area contributed by atoms with E-state index in [-0.39, 0.29) is 6.54 Å². The first-order chi connectivity index (χ1) is 13.6. The highest BCUT2D eigenvalue weighted by Gasteiger charge is 2.10. The van der Waals surface area contributed by atoms with Crippen LogP contribution in [0.1, 0.15) is 25.0 Å². The van der Waals surface area contributed by atoms with Gasteiger partial charge in [-0.3, -0.25) is 0 Å². The minimum absolute atomic E-state index is 0.222. The average Bonchev–Trinajstić information content (AvgIpc) is 3.21. The van der Waals surface area contributed by atoms with E-state index in [0.29, 0.717) is 11.7 Å². The molecule has 0 aliphatic carbocycles. The standard InChI is InChI=1S/C23H24N4O/c1-16(2)26-15-18-7-9-19(10-8-18)23-14-22(27-28-23)21-6-4-5-20(13-21)17(3)25-12-11-24/h4-10,13-14,16,25-26H,3,12,15H2,1-2H3. The van der Waals surface area contributed by atoms with E-state index >= 15 is 0 Å². The van der Waals surface area contributed by atoms with E-state index in [1.54, 1.807) is 0 Å². The molecule has 0 fully saturated rings. The van der Waals surface area contributed by atoms with Crippen LogP contribution in [0.5, 0.6) is 0 Å². The van der Waals surface area contributed by atoms with Gasteiger partial charge in [-0.2, -0.15) is 5.26 Å². The first-order valence-corrected chi connectivity index (χ1v) is 9.27. The number of benzene rings is 2. The van der Waals surface area contributed by atoms with E-state index in [0.717, 1.165) is 34.7 Å². The normalized spacial score (nSPS) is 10.6. The van der Waals surface area contributed by atoms with Gasteiger partial charge in [-0.25, -0.2) is 0 Å². The highest BCUT2D eigenvalue weighted by molar-refractivity contribution is 5.71. The molecule has 0 unspecified atom stereocenters. The van der Waals surface area contributed by atoms with E-state index in [2.05, 4.69) is 54.4 Å². The van der Waals surface area contributed by atoms with Crippen LogP contribution < -0.4 is 10.6 Å². The summed E-state index contributed by atoms with van der Waals surface area (Å²) in [6, 6.07) is 20.6. The molecule has 5 nitrogen and oxygen atoms in total. The second-order valence-corrected chi connectivity index (χ2v) is 6.88. The zero-order valence-corrected chi connectivity index (χ0v) is 16.2. The van der Waals surface area contributed by atoms with Crippen molar-refractivity contribution in [2.24, 2.45) is 0 Å². The lowest BCUT2D eigenvalue weighted by Crippen LogP contribution is -2.21. The van der Waals surface area contributed by atoms with Crippen LogP contribution in [-0.4, -0.2) is 17.7 Å². The fraction of sp³-hybridized carbons (Fsp3) is 0.217. The van der Waals surface area contributed by atoms with E-state index in [1.165, 1.54) is 5.56 Å². The Bertz CT molecular complexity index is 980. The summed E-state index contributed by atoms with van der Waals surface area (Å²) in [7, 11) is 0. The Hall–Kier alpha value is -3.36. The van der Waals surface area contributed by atoms with Gasteiger partial charge in [-0.1, -0.05) is 68.0 Å². The average molecular weight is 372 g/mol. The molecule has 2 aromatic carbocycles. The molecule has 142 valence electrons. The van der Waals surface area contributed by atoms with Crippen LogP contribution in [0.4, 0.5) is 0 Å². The van der Waals surface area contributed by atoms with Crippen molar-refractivity contribution < 1.29 is 4.52 Å². The molecule has 0 saturated carbocycles. The summed E-state index contributed by atoms with van der Waals surface area (Å²) in [5.41, 5.74) is 5.54. The molecule has 0 aliphatic heterocycles. The lowest BCUT2D eigenvalue weighted by atomic mass is 10.0. The highest BCUT2D eigenvalue weighted by atomic mass is 16.5. The Morgan fingerprint density at radius 3 is 2.64 bits per heavy atom. The molecule has 0 bridgehead atoms. The van der Waals surface area contributed by atoms with Gasteiger partial charge in [-0.15, -0.1) is 0 Å². The number of aromatic nitrogens is 1. The van der Waals surface area contributed by atoms with Crippen LogP contribution in [0.3, 0.4) is 0 Å². The highest BCUT2D eigenvalue weighted by Crippen LogP contribution is 2.27. The summed E-state index contributed by atoms with van der Waals surface area (Å²) < 4.78 is 5.56. The topological polar surface area (TPSA) is 73.9 Å². The van der Waals surface area contributed by atoms with E-state index in [9.17, 15) is 0 Å². The molecule has 3 rings (SSSR count). The molecule has 0 aliphatic rings. The summed E-state index contributed by atoms with van der Waals surface area (Å²) in [6.07, 6.45) is 0. The summed E-state index contributed by atoms with van der Waals surface area (Å²) in [4.78, 5) is 0. The van der Waals surface area contributed by atoms with Gasteiger partial charge in [0.15, 0.2) is 5.76 Å². The van der Waals surface area contributed by atoms with Crippen LogP contribution >= 0.6 is 0 Å². The summed E-state index contributed by atoms with van der Waals surface area (Å²) >= 11 is 0. The number of nitrogens with one attached hydrogen (secondary N) is 2. The van der Waals surface area contributed by atoms with Crippen molar-refractivity contribution in [3.63, 3.8) is 0 Å². The number of rotatable bonds is 8. The molecule has 1 aromatic heterocycles. The van der Waals surface area contributed by atoms with Gasteiger partial charge >= 0.3 is 0 Å². The Morgan fingerprint density at radius 2 is 1.93 bits per heavy atom. The Kier molecular flexibility index (Phi) is 6.25. The Labute approximate surface area is 165 Å². The number of hydrogen-bond acceptors (Lipinski definition) is 5. The Balaban J connectivity index is 1.75. The molecule has 0 amide bonds. The molecular weight excluding hydrogens is 348 g/mol. The molecule has 0 atom stereocenters. The molecular formula is C23H24N4O. The molecule has 28 heavy (non-hydrogen) atoms. The van der Waals surface area contributed by atoms with Gasteiger partial charge < -0.3 is 15.2 Å². The van der Waals surface area contributed by atoms with Gasteiger partial charge in [0.05, 0.1) is 6.07 Å². The zero-order chi connectivity index (χ0) is 19.9. The van der Waals surface area contributed by atoms with Crippen molar-refractivity contribution in [3.05, 3.63) is 72.3 Å². The quantitative estimate of drug-likeness (QED) is 0.566. The van der Waals surface area contributed by atoms with Crippen LogP contribution in [0.15, 0.2) is 65.7 Å². The predicted octanol–water partition coefficient (Wildman–Crippen LogP) is 4.59. The van der Waals surface area contributed by atoms with Crippen molar-refractivity contribution in [2.75, 3.05) is 6.54 Å². The summed E-state index contributed by atoms with van der Waals surface area (Å²) in [5, 5.41) is 19.3. The fourth-order valence-electron chi connectivity index (χ4n) is 2.77. The monoisotopic (exact) mass is 372 g/mol. The minimum Gasteiger partial charge on any atom is -0.372 e. The van der Waals surface area contributed by atoms with Gasteiger partial charge in [0.1, 0.15) is 12.2 Å². The second-order valence-electron chi connectivity index (χ2n) is 6.88. The van der Waals surface area contributed by atoms with Gasteiger partial charge in [0, 0.05) is 35.5 Å². The maximum atomic E-state index is 8.70. The van der Waals surface area contributed by atoms with Crippen molar-refractivity contribution in [1.29, 1.82) is 5.26 Å². The van der Waals surface area contributed by atoms with Crippen LogP contribution in [0.25, 0.3) is 28.3 Å². The molecule has 5 heteroatoms. The van der Waals surface area contributed by atoms with Gasteiger partial charge in [0.25, 0.3) is 0 Å². The van der Waals surface area contributed by atoms with Crippen LogP contribution in [0.2, 0.25) is 0 Å². The van der Waals surface area contributed by atoms with Crippen molar-refractivity contribution in [1.82, 2.24) is 15.8 Å². The van der Waals surface area contributed by atoms with E-state index in [4.69, 9.17) is 9.78 Å². The SMILES string of the molecule is C=C(NCC#N)c1cccc(-c2cc(-c3ccc(CNC(C)C)cc3)on2)c1. The maximum absolute atomic E-state index is 8.70. The summed E-state index contributed by atoms with van der Waals surface area (Å²) in [5.74, 6) is 0.727. The van der Waals surface area contributed by atoms with E-state index in [1.807, 2.05) is 42.5 Å². The fourth-order valence-corrected chi connectivity index (χ4v) is 2.77. The van der Waals surface area contributed by atoms with E-state index < -0.39 is 0 Å². The molecule has 0 spiro atoms. The lowest BCUT2D eigenvalue weighted by Gasteiger charge is -2.08. The maximum Gasteiger partial charge on any atom is 0.167 e. The van der Waals surface area contributed by atoms with Crippen molar-refractivity contribution >= 4 is 5.70 Å². The van der Waals surface area contributed by atoms with Gasteiger partial charge in [0.2, 0.25) is 0 Å². The minimum atomic E-state index is 0.222. The van der Waals surface area contributed by atoms with Crippen LogP contribution in [-0.2, 0) is 6.54 Å². The molecule has 0 radical (unpaired) electrons. The smallest absolute Gasteiger partial charge is 0.167 e. The van der Waals surface area contributed by atoms with Crippen LogP contribution in [0, 0.1) is 11.3 Å². The molecule has 1 heterocycles. The zero-order valence-electron chi connectivity index (χ0n) is 16.2. The lowest BCUT2D eigenvalue weighted by molar-refractivity contribution is 0.435. The first kappa shape index (κ1) is 19.4. The Morgan fingerprint density at radius 1 is 1.14 bits per heavy atom. The number of nitrogens with zero attached hydrogens (tertiary/aromatic N) is 2. The molecule has 0 saturated heterocycles. The number of hydrogen-bond donors (Lipinski definition) is 2. The molecule has 3 aromatic rings. The van der Waals surface area contributed by atoms with Crippen molar-refractivity contribution in [3.8, 4) is 28.7 Å². The summed E-state index contributed by atoms with van der Waals surface area (Å²) in [6.45, 7) is 9.30. The second kappa shape index (κ2) is 9.03. The third-order valence-electron chi connectivity index (χ3n) is 4.35. The largest absolute Gasteiger partial charge is 0.372 e. The third kappa shape index (κ3) is 4.87. The molecule has 2 N–H and O–H groups in total. The van der Waals surface area contributed by atoms with Crippen molar-refractivity contribution in [2.45, 2.75) is 26.4 Å². The number of nitriles is 1.